The summed E-state index contributed by atoms with van der Waals surface area (Å²) in [5.41, 5.74) is 33.1. The molecule has 12 aromatic rings. The SMILES string of the molecule is Cc1cc(C)c(-n2c3ccccc3c3c4c5ccccc5n5c4c(cc32)B2c3c-5ccc4c3-n3c5c2cc(C(C)C)cc5c2cc(C(C)(C)C)cc(c23)C42c3cc(C(C)C)ccc3-c3ccc(C(C)(C)C)cc32)c(C)c1. The first-order valence-electron chi connectivity index (χ1n) is 28.1. The average Bonchev–Trinajstić information content (AvgIpc) is 4.13. The smallest absolute Gasteiger partial charge is 0.252 e. The summed E-state index contributed by atoms with van der Waals surface area (Å²) in [5, 5.41) is 8.05. The second kappa shape index (κ2) is 14.3. The van der Waals surface area contributed by atoms with Crippen molar-refractivity contribution in [3.8, 4) is 28.2 Å². The highest BCUT2D eigenvalue weighted by Gasteiger charge is 2.55. The zero-order valence-electron chi connectivity index (χ0n) is 46.4. The lowest BCUT2D eigenvalue weighted by Gasteiger charge is -2.44. The van der Waals surface area contributed by atoms with Gasteiger partial charge in [-0.1, -0.05) is 178 Å². The van der Waals surface area contributed by atoms with E-state index in [1.807, 2.05) is 0 Å². The highest BCUT2D eigenvalue weighted by atomic mass is 15.1. The largest absolute Gasteiger partial charge is 0.310 e. The lowest BCUT2D eigenvalue weighted by Crippen LogP contribution is -2.60. The van der Waals surface area contributed by atoms with Crippen molar-refractivity contribution in [2.24, 2.45) is 0 Å². The Morgan fingerprint density at radius 3 is 1.72 bits per heavy atom. The Hall–Kier alpha value is -7.56. The molecule has 0 radical (unpaired) electrons. The van der Waals surface area contributed by atoms with E-state index in [-0.39, 0.29) is 17.5 Å². The summed E-state index contributed by atoms with van der Waals surface area (Å²) in [5.74, 6) is 0.704. The van der Waals surface area contributed by atoms with Crippen molar-refractivity contribution < 1.29 is 0 Å². The number of hydrogen-bond acceptors (Lipinski definition) is 0. The normalized spacial score (nSPS) is 16.0. The molecule has 0 fully saturated rings. The number of hydrogen-bond donors (Lipinski definition) is 0. The van der Waals surface area contributed by atoms with Crippen molar-refractivity contribution in [2.45, 2.75) is 118 Å². The van der Waals surface area contributed by atoms with Crippen molar-refractivity contribution in [1.29, 1.82) is 0 Å². The molecule has 6 heterocycles. The van der Waals surface area contributed by atoms with Crippen LogP contribution in [0.15, 0.2) is 140 Å². The molecule has 3 aromatic heterocycles. The summed E-state index contributed by atoms with van der Waals surface area (Å²) in [7, 11) is 0. The second-order valence-corrected chi connectivity index (χ2v) is 26.2. The maximum atomic E-state index is 2.81. The fourth-order valence-electron chi connectivity index (χ4n) is 15.7. The predicted molar refractivity (Wildman–Crippen MR) is 325 cm³/mol. The van der Waals surface area contributed by atoms with E-state index in [9.17, 15) is 0 Å². The number of nitrogens with zero attached hydrogens (tertiary/aromatic N) is 3. The first kappa shape index (κ1) is 44.7. The first-order valence-corrected chi connectivity index (χ1v) is 28.1. The van der Waals surface area contributed by atoms with Gasteiger partial charge in [0, 0.05) is 49.2 Å². The third kappa shape index (κ3) is 5.22. The maximum absolute atomic E-state index is 2.81. The molecule has 3 nitrogen and oxygen atoms in total. The molecule has 16 rings (SSSR count). The standard InChI is InChI=1S/C72H64BN3/c1-37(2)42-22-24-46-47-25-23-44(70(8,9)10)34-54(47)72(53(46)31-42)52-26-27-60-64-68(52)76-66-51(33-45(35-55(66)72)71(11,12)13)50-30-43(38(3)4)32-56(67(50)76)73(64)57-36-61-62(63-49-19-15-17-21-59(49)74(60)69(57)63)48-18-14-16-20-58(48)75(61)65-40(6)28-39(5)29-41(65)7/h14-38H,1-13H3. The fourth-order valence-corrected chi connectivity index (χ4v) is 15.7. The molecule has 0 saturated heterocycles. The molecule has 76 heavy (non-hydrogen) atoms. The minimum absolute atomic E-state index is 0.0395. The Labute approximate surface area is 446 Å². The molecule has 9 aromatic carbocycles. The monoisotopic (exact) mass is 982 g/mol. The van der Waals surface area contributed by atoms with Crippen LogP contribution in [0.5, 0.6) is 0 Å². The lowest BCUT2D eigenvalue weighted by molar-refractivity contribution is 0.585. The highest BCUT2D eigenvalue weighted by molar-refractivity contribution is 7.00. The van der Waals surface area contributed by atoms with Crippen LogP contribution in [0.3, 0.4) is 0 Å². The third-order valence-corrected chi connectivity index (χ3v) is 19.1. The van der Waals surface area contributed by atoms with Crippen LogP contribution in [0, 0.1) is 20.8 Å². The Bertz CT molecular complexity index is 4680. The van der Waals surface area contributed by atoms with Gasteiger partial charge in [0.15, 0.2) is 0 Å². The summed E-state index contributed by atoms with van der Waals surface area (Å²) in [4.78, 5) is 0. The Morgan fingerprint density at radius 1 is 0.434 bits per heavy atom. The van der Waals surface area contributed by atoms with Gasteiger partial charge in [-0.25, -0.2) is 0 Å². The van der Waals surface area contributed by atoms with E-state index in [1.165, 1.54) is 171 Å². The van der Waals surface area contributed by atoms with E-state index in [2.05, 4.69) is 243 Å². The van der Waals surface area contributed by atoms with Gasteiger partial charge in [-0.15, -0.1) is 0 Å². The predicted octanol–water partition coefficient (Wildman–Crippen LogP) is 16.6. The van der Waals surface area contributed by atoms with Crippen molar-refractivity contribution in [1.82, 2.24) is 13.7 Å². The minimum Gasteiger partial charge on any atom is -0.310 e. The van der Waals surface area contributed by atoms with E-state index >= 15 is 0 Å². The molecule has 370 valence electrons. The van der Waals surface area contributed by atoms with Crippen molar-refractivity contribution in [3.63, 3.8) is 0 Å². The van der Waals surface area contributed by atoms with Gasteiger partial charge < -0.3 is 13.7 Å². The van der Waals surface area contributed by atoms with Gasteiger partial charge in [0.05, 0.1) is 38.7 Å². The molecule has 0 bridgehead atoms. The summed E-state index contributed by atoms with van der Waals surface area (Å²) in [6, 6.07) is 56.6. The highest BCUT2D eigenvalue weighted by Crippen LogP contribution is 2.63. The molecule has 1 unspecified atom stereocenters. The second-order valence-electron chi connectivity index (χ2n) is 26.2. The Kier molecular flexibility index (Phi) is 8.40. The number of fused-ring (bicyclic) bond motifs is 18. The minimum atomic E-state index is -0.598. The molecule has 3 aliphatic heterocycles. The van der Waals surface area contributed by atoms with Crippen LogP contribution in [0.4, 0.5) is 0 Å². The summed E-state index contributed by atoms with van der Waals surface area (Å²) in [6.45, 7) is 30.7. The fraction of sp³-hybridized carbons (Fsp3) is 0.250. The van der Waals surface area contributed by atoms with Crippen molar-refractivity contribution >= 4 is 88.5 Å². The lowest BCUT2D eigenvalue weighted by atomic mass is 9.33. The molecule has 1 atom stereocenters. The van der Waals surface area contributed by atoms with Crippen molar-refractivity contribution in [3.05, 3.63) is 201 Å². The van der Waals surface area contributed by atoms with Gasteiger partial charge in [-0.3, -0.25) is 0 Å². The molecule has 1 aliphatic carbocycles. The van der Waals surface area contributed by atoms with Crippen LogP contribution in [0.1, 0.15) is 142 Å². The van der Waals surface area contributed by atoms with Crippen LogP contribution in [0.25, 0.3) is 93.6 Å². The molecule has 4 heteroatoms. The Morgan fingerprint density at radius 2 is 1.04 bits per heavy atom. The molecule has 1 spiro atoms. The van der Waals surface area contributed by atoms with E-state index in [1.54, 1.807) is 0 Å². The zero-order chi connectivity index (χ0) is 52.1. The van der Waals surface area contributed by atoms with Gasteiger partial charge in [0.2, 0.25) is 0 Å². The quantitative estimate of drug-likeness (QED) is 0.157. The van der Waals surface area contributed by atoms with Crippen LogP contribution in [-0.4, -0.2) is 20.4 Å². The number of rotatable bonds is 3. The molecule has 0 saturated carbocycles. The molecule has 0 amide bonds. The van der Waals surface area contributed by atoms with Crippen LogP contribution in [-0.2, 0) is 16.2 Å². The van der Waals surface area contributed by atoms with Gasteiger partial charge in [-0.05, 0) is 163 Å². The van der Waals surface area contributed by atoms with E-state index in [0.29, 0.717) is 11.8 Å². The van der Waals surface area contributed by atoms with Crippen LogP contribution >= 0.6 is 0 Å². The van der Waals surface area contributed by atoms with Gasteiger partial charge >= 0.3 is 0 Å². The summed E-state index contributed by atoms with van der Waals surface area (Å²) in [6.07, 6.45) is 0. The van der Waals surface area contributed by atoms with Gasteiger partial charge in [0.25, 0.3) is 6.71 Å². The summed E-state index contributed by atoms with van der Waals surface area (Å²) >= 11 is 0. The first-order chi connectivity index (χ1) is 36.4. The Balaban J connectivity index is 1.17. The number of para-hydroxylation sites is 2. The zero-order valence-corrected chi connectivity index (χ0v) is 46.4. The summed E-state index contributed by atoms with van der Waals surface area (Å²) < 4.78 is 8.14. The molecule has 0 N–H and O–H groups in total. The van der Waals surface area contributed by atoms with Crippen LogP contribution in [0.2, 0.25) is 0 Å². The molecular formula is C72H64BN3. The number of aryl methyl sites for hydroxylation is 3. The topological polar surface area (TPSA) is 14.8 Å². The van der Waals surface area contributed by atoms with E-state index in [4.69, 9.17) is 0 Å². The van der Waals surface area contributed by atoms with Crippen LogP contribution < -0.4 is 16.4 Å². The van der Waals surface area contributed by atoms with Crippen molar-refractivity contribution in [2.75, 3.05) is 0 Å². The average molecular weight is 982 g/mol. The van der Waals surface area contributed by atoms with E-state index in [0.717, 1.165) is 0 Å². The molecule has 4 aliphatic rings. The molecular weight excluding hydrogens is 918 g/mol. The third-order valence-electron chi connectivity index (χ3n) is 19.1. The van der Waals surface area contributed by atoms with Gasteiger partial charge in [-0.2, -0.15) is 0 Å². The maximum Gasteiger partial charge on any atom is 0.252 e. The van der Waals surface area contributed by atoms with Gasteiger partial charge in [0.1, 0.15) is 0 Å². The number of aromatic nitrogens is 3. The van der Waals surface area contributed by atoms with E-state index < -0.39 is 5.41 Å². The number of benzene rings is 9.